The molecule has 1 aromatic carbocycles. The number of nitrogens with zero attached hydrogens (tertiary/aromatic N) is 2. The number of aliphatic hydroxyl groups excluding tert-OH is 1. The van der Waals surface area contributed by atoms with Gasteiger partial charge in [-0.1, -0.05) is 18.2 Å². The Bertz CT molecular complexity index is 555. The molecule has 3 rings (SSSR count). The van der Waals surface area contributed by atoms with E-state index in [0.29, 0.717) is 6.04 Å². The molecule has 1 aliphatic rings. The molecule has 0 saturated carbocycles. The molecule has 0 spiro atoms. The molecule has 1 fully saturated rings. The highest BCUT2D eigenvalue weighted by molar-refractivity contribution is 5.80. The van der Waals surface area contributed by atoms with Crippen LogP contribution in [0.25, 0.3) is 10.9 Å². The number of aliphatic hydroxyl groups is 1. The van der Waals surface area contributed by atoms with Gasteiger partial charge in [-0.3, -0.25) is 0 Å². The van der Waals surface area contributed by atoms with Crippen LogP contribution < -0.4 is 4.90 Å². The number of fused-ring (bicyclic) bond motifs is 1. The van der Waals surface area contributed by atoms with E-state index in [2.05, 4.69) is 29.2 Å². The average molecular weight is 256 g/mol. The fourth-order valence-electron chi connectivity index (χ4n) is 2.98. The first-order valence-electron chi connectivity index (χ1n) is 7.12. The fraction of sp³-hybridized carbons (Fsp3) is 0.438. The minimum absolute atomic E-state index is 0.287. The molecular formula is C16H20N2O. The van der Waals surface area contributed by atoms with Gasteiger partial charge in [0.15, 0.2) is 0 Å². The number of anilines is 1. The van der Waals surface area contributed by atoms with Crippen LogP contribution >= 0.6 is 0 Å². The van der Waals surface area contributed by atoms with Gasteiger partial charge in [-0.05, 0) is 43.9 Å². The first kappa shape index (κ1) is 12.4. The SMILES string of the molecule is OCCCC1CCCN1c1ccc2ccccc2n1. The Morgan fingerprint density at radius 1 is 1.21 bits per heavy atom. The summed E-state index contributed by atoms with van der Waals surface area (Å²) in [7, 11) is 0. The zero-order valence-electron chi connectivity index (χ0n) is 11.1. The number of hydrogen-bond donors (Lipinski definition) is 1. The molecule has 0 radical (unpaired) electrons. The number of aromatic nitrogens is 1. The van der Waals surface area contributed by atoms with Gasteiger partial charge in [-0.2, -0.15) is 0 Å². The first-order chi connectivity index (χ1) is 9.38. The third-order valence-electron chi connectivity index (χ3n) is 3.95. The smallest absolute Gasteiger partial charge is 0.129 e. The van der Waals surface area contributed by atoms with E-state index in [1.54, 1.807) is 0 Å². The highest BCUT2D eigenvalue weighted by Gasteiger charge is 2.25. The monoisotopic (exact) mass is 256 g/mol. The third-order valence-corrected chi connectivity index (χ3v) is 3.95. The molecule has 0 aliphatic carbocycles. The Kier molecular flexibility index (Phi) is 3.65. The van der Waals surface area contributed by atoms with Gasteiger partial charge >= 0.3 is 0 Å². The van der Waals surface area contributed by atoms with E-state index in [1.165, 1.54) is 18.2 Å². The van der Waals surface area contributed by atoms with E-state index in [4.69, 9.17) is 10.1 Å². The zero-order valence-corrected chi connectivity index (χ0v) is 11.1. The highest BCUT2D eigenvalue weighted by atomic mass is 16.2. The van der Waals surface area contributed by atoms with Gasteiger partial charge in [0.25, 0.3) is 0 Å². The fourth-order valence-corrected chi connectivity index (χ4v) is 2.98. The molecule has 100 valence electrons. The van der Waals surface area contributed by atoms with E-state index in [-0.39, 0.29) is 6.61 Å². The van der Waals surface area contributed by atoms with Gasteiger partial charge in [-0.15, -0.1) is 0 Å². The summed E-state index contributed by atoms with van der Waals surface area (Å²) in [5.74, 6) is 1.08. The zero-order chi connectivity index (χ0) is 13.1. The first-order valence-corrected chi connectivity index (χ1v) is 7.12. The predicted octanol–water partition coefficient (Wildman–Crippen LogP) is 2.98. The number of rotatable bonds is 4. The van der Waals surface area contributed by atoms with E-state index >= 15 is 0 Å². The molecule has 3 heteroatoms. The summed E-state index contributed by atoms with van der Waals surface area (Å²) in [6.07, 6.45) is 4.39. The Balaban J connectivity index is 1.86. The Hall–Kier alpha value is -1.61. The maximum absolute atomic E-state index is 8.99. The lowest BCUT2D eigenvalue weighted by Crippen LogP contribution is -2.30. The number of benzene rings is 1. The van der Waals surface area contributed by atoms with Crippen LogP contribution in [0.3, 0.4) is 0 Å². The summed E-state index contributed by atoms with van der Waals surface area (Å²) in [5.41, 5.74) is 1.06. The lowest BCUT2D eigenvalue weighted by atomic mass is 10.1. The lowest BCUT2D eigenvalue weighted by Gasteiger charge is -2.25. The molecule has 2 aromatic rings. The third kappa shape index (κ3) is 2.56. The molecule has 1 aromatic heterocycles. The summed E-state index contributed by atoms with van der Waals surface area (Å²) in [4.78, 5) is 7.18. The molecule has 1 unspecified atom stereocenters. The molecule has 19 heavy (non-hydrogen) atoms. The topological polar surface area (TPSA) is 36.4 Å². The van der Waals surface area contributed by atoms with Gasteiger partial charge in [0.1, 0.15) is 5.82 Å². The van der Waals surface area contributed by atoms with Crippen molar-refractivity contribution >= 4 is 16.7 Å². The largest absolute Gasteiger partial charge is 0.396 e. The Labute approximate surface area is 113 Å². The van der Waals surface area contributed by atoms with Crippen molar-refractivity contribution in [3.63, 3.8) is 0 Å². The number of pyridine rings is 1. The molecule has 0 bridgehead atoms. The average Bonchev–Trinajstić information content (AvgIpc) is 2.93. The number of hydrogen-bond acceptors (Lipinski definition) is 3. The van der Waals surface area contributed by atoms with Crippen LogP contribution in [0.5, 0.6) is 0 Å². The van der Waals surface area contributed by atoms with E-state index in [9.17, 15) is 0 Å². The standard InChI is InChI=1S/C16H20N2O/c19-12-4-7-14-6-3-11-18(14)16-10-9-13-5-1-2-8-15(13)17-16/h1-2,5,8-10,14,19H,3-4,6-7,11-12H2. The molecule has 3 nitrogen and oxygen atoms in total. The number of para-hydroxylation sites is 1. The van der Waals surface area contributed by atoms with Crippen LogP contribution in [0.4, 0.5) is 5.82 Å². The molecule has 2 heterocycles. The molecular weight excluding hydrogens is 236 g/mol. The summed E-state index contributed by atoms with van der Waals surface area (Å²) < 4.78 is 0. The van der Waals surface area contributed by atoms with Crippen LogP contribution in [0, 0.1) is 0 Å². The van der Waals surface area contributed by atoms with Gasteiger partial charge in [0, 0.05) is 24.6 Å². The summed E-state index contributed by atoms with van der Waals surface area (Å²) in [6, 6.07) is 13.1. The van der Waals surface area contributed by atoms with Crippen LogP contribution in [0.15, 0.2) is 36.4 Å². The van der Waals surface area contributed by atoms with E-state index in [0.717, 1.165) is 30.7 Å². The molecule has 1 N–H and O–H groups in total. The predicted molar refractivity (Wildman–Crippen MR) is 78.4 cm³/mol. The molecule has 1 aliphatic heterocycles. The van der Waals surface area contributed by atoms with Crippen LogP contribution in [0.2, 0.25) is 0 Å². The van der Waals surface area contributed by atoms with Crippen molar-refractivity contribution in [3.8, 4) is 0 Å². The summed E-state index contributed by atoms with van der Waals surface area (Å²) in [5, 5.41) is 10.2. The minimum Gasteiger partial charge on any atom is -0.396 e. The quantitative estimate of drug-likeness (QED) is 0.913. The van der Waals surface area contributed by atoms with Crippen molar-refractivity contribution in [2.75, 3.05) is 18.1 Å². The van der Waals surface area contributed by atoms with Crippen molar-refractivity contribution in [2.45, 2.75) is 31.7 Å². The van der Waals surface area contributed by atoms with Crippen molar-refractivity contribution in [2.24, 2.45) is 0 Å². The second-order valence-electron chi connectivity index (χ2n) is 5.22. The maximum atomic E-state index is 8.99. The van der Waals surface area contributed by atoms with Crippen LogP contribution in [-0.4, -0.2) is 29.3 Å². The second kappa shape index (κ2) is 5.57. The van der Waals surface area contributed by atoms with E-state index in [1.807, 2.05) is 12.1 Å². The van der Waals surface area contributed by atoms with Crippen molar-refractivity contribution in [1.29, 1.82) is 0 Å². The van der Waals surface area contributed by atoms with Crippen molar-refractivity contribution < 1.29 is 5.11 Å². The van der Waals surface area contributed by atoms with E-state index < -0.39 is 0 Å². The van der Waals surface area contributed by atoms with Gasteiger partial charge in [0.2, 0.25) is 0 Å². The van der Waals surface area contributed by atoms with Gasteiger partial charge < -0.3 is 10.0 Å². The van der Waals surface area contributed by atoms with Crippen LogP contribution in [0.1, 0.15) is 25.7 Å². The van der Waals surface area contributed by atoms with Gasteiger partial charge in [0.05, 0.1) is 5.52 Å². The normalized spacial score (nSPS) is 19.2. The summed E-state index contributed by atoms with van der Waals surface area (Å²) >= 11 is 0. The Morgan fingerprint density at radius 3 is 3.00 bits per heavy atom. The molecule has 1 saturated heterocycles. The van der Waals surface area contributed by atoms with Crippen LogP contribution in [-0.2, 0) is 0 Å². The molecule has 0 amide bonds. The maximum Gasteiger partial charge on any atom is 0.129 e. The van der Waals surface area contributed by atoms with Crippen molar-refractivity contribution in [1.82, 2.24) is 4.98 Å². The summed E-state index contributed by atoms with van der Waals surface area (Å²) in [6.45, 7) is 1.37. The van der Waals surface area contributed by atoms with Crippen molar-refractivity contribution in [3.05, 3.63) is 36.4 Å². The Morgan fingerprint density at radius 2 is 2.11 bits per heavy atom. The second-order valence-corrected chi connectivity index (χ2v) is 5.22. The minimum atomic E-state index is 0.287. The van der Waals surface area contributed by atoms with Gasteiger partial charge in [-0.25, -0.2) is 4.98 Å². The molecule has 1 atom stereocenters. The highest BCUT2D eigenvalue weighted by Crippen LogP contribution is 2.28. The lowest BCUT2D eigenvalue weighted by molar-refractivity contribution is 0.279.